The standard InChI is InChI=1S/C23H45N5/c1-3-5-6-7-8-9-10-11-12-13-14-15-16-17-19-26-23-21(24)22(25-18-4-2)27-20-28-23/h20H,3-19,24H2,1-2H3,(H2,25,26,27,28). The molecule has 0 spiro atoms. The fourth-order valence-corrected chi connectivity index (χ4v) is 3.45. The maximum atomic E-state index is 6.13. The van der Waals surface area contributed by atoms with E-state index < -0.39 is 0 Å². The first-order chi connectivity index (χ1) is 13.8. The molecule has 0 atom stereocenters. The van der Waals surface area contributed by atoms with Gasteiger partial charge in [-0.1, -0.05) is 97.3 Å². The van der Waals surface area contributed by atoms with E-state index in [0.717, 1.165) is 31.1 Å². The smallest absolute Gasteiger partial charge is 0.154 e. The van der Waals surface area contributed by atoms with Crippen LogP contribution in [0.5, 0.6) is 0 Å². The highest BCUT2D eigenvalue weighted by Gasteiger charge is 2.06. The van der Waals surface area contributed by atoms with Gasteiger partial charge in [-0.25, -0.2) is 9.97 Å². The Hall–Kier alpha value is -1.52. The van der Waals surface area contributed by atoms with E-state index in [9.17, 15) is 0 Å². The molecule has 0 saturated carbocycles. The van der Waals surface area contributed by atoms with Crippen LogP contribution in [0.4, 0.5) is 17.3 Å². The zero-order chi connectivity index (χ0) is 20.3. The number of rotatable bonds is 19. The Balaban J connectivity index is 1.93. The number of aromatic nitrogens is 2. The summed E-state index contributed by atoms with van der Waals surface area (Å²) in [5.74, 6) is 1.49. The summed E-state index contributed by atoms with van der Waals surface area (Å²) in [6, 6.07) is 0. The summed E-state index contributed by atoms with van der Waals surface area (Å²) in [5, 5.41) is 6.60. The number of nitrogens with zero attached hydrogens (tertiary/aromatic N) is 2. The summed E-state index contributed by atoms with van der Waals surface area (Å²) >= 11 is 0. The third-order valence-electron chi connectivity index (χ3n) is 5.25. The van der Waals surface area contributed by atoms with Gasteiger partial charge < -0.3 is 16.4 Å². The SMILES string of the molecule is CCCCCCCCCCCCCCCCNc1ncnc(NCCC)c1N. The Bertz CT molecular complexity index is 478. The second kappa shape index (κ2) is 17.6. The van der Waals surface area contributed by atoms with Crippen molar-refractivity contribution in [3.05, 3.63) is 6.33 Å². The molecule has 162 valence electrons. The van der Waals surface area contributed by atoms with Gasteiger partial charge >= 0.3 is 0 Å². The maximum absolute atomic E-state index is 6.13. The molecule has 1 rings (SSSR count). The summed E-state index contributed by atoms with van der Waals surface area (Å²) in [4.78, 5) is 8.47. The molecule has 0 amide bonds. The molecule has 1 heterocycles. The van der Waals surface area contributed by atoms with Gasteiger partial charge in [-0.05, 0) is 12.8 Å². The van der Waals surface area contributed by atoms with Gasteiger partial charge in [0, 0.05) is 13.1 Å². The lowest BCUT2D eigenvalue weighted by Crippen LogP contribution is -2.11. The van der Waals surface area contributed by atoms with Gasteiger partial charge in [0.05, 0.1) is 0 Å². The van der Waals surface area contributed by atoms with E-state index in [0.29, 0.717) is 5.69 Å². The minimum Gasteiger partial charge on any atom is -0.393 e. The molecule has 0 aliphatic rings. The molecule has 0 aromatic carbocycles. The zero-order valence-electron chi connectivity index (χ0n) is 18.6. The van der Waals surface area contributed by atoms with Gasteiger partial charge in [-0.2, -0.15) is 0 Å². The van der Waals surface area contributed by atoms with Gasteiger partial charge in [0.25, 0.3) is 0 Å². The Morgan fingerprint density at radius 2 is 1.04 bits per heavy atom. The molecule has 0 fully saturated rings. The van der Waals surface area contributed by atoms with Crippen LogP contribution in [0.15, 0.2) is 6.33 Å². The number of hydrogen-bond donors (Lipinski definition) is 3. The predicted octanol–water partition coefficient (Wildman–Crippen LogP) is 6.77. The lowest BCUT2D eigenvalue weighted by atomic mass is 10.0. The van der Waals surface area contributed by atoms with Crippen LogP contribution < -0.4 is 16.4 Å². The van der Waals surface area contributed by atoms with Crippen LogP contribution >= 0.6 is 0 Å². The minimum absolute atomic E-state index is 0.626. The summed E-state index contributed by atoms with van der Waals surface area (Å²) < 4.78 is 0. The number of nitrogen functional groups attached to an aromatic ring is 1. The zero-order valence-corrected chi connectivity index (χ0v) is 18.6. The van der Waals surface area contributed by atoms with Crippen LogP contribution in [0, 0.1) is 0 Å². The van der Waals surface area contributed by atoms with Crippen LogP contribution in [-0.2, 0) is 0 Å². The van der Waals surface area contributed by atoms with E-state index in [1.807, 2.05) is 0 Å². The second-order valence-corrected chi connectivity index (χ2v) is 7.93. The van der Waals surface area contributed by atoms with E-state index in [1.54, 1.807) is 6.33 Å². The number of anilines is 3. The molecule has 28 heavy (non-hydrogen) atoms. The quantitative estimate of drug-likeness (QED) is 0.227. The Morgan fingerprint density at radius 1 is 0.607 bits per heavy atom. The molecule has 0 aliphatic carbocycles. The van der Waals surface area contributed by atoms with E-state index in [4.69, 9.17) is 5.73 Å². The predicted molar refractivity (Wildman–Crippen MR) is 124 cm³/mol. The molecule has 0 bridgehead atoms. The Labute approximate surface area is 173 Å². The van der Waals surface area contributed by atoms with Crippen molar-refractivity contribution < 1.29 is 0 Å². The van der Waals surface area contributed by atoms with Gasteiger partial charge in [-0.3, -0.25) is 0 Å². The third-order valence-corrected chi connectivity index (χ3v) is 5.25. The summed E-state index contributed by atoms with van der Waals surface area (Å²) in [7, 11) is 0. The molecule has 0 aliphatic heterocycles. The lowest BCUT2D eigenvalue weighted by molar-refractivity contribution is 0.537. The summed E-state index contributed by atoms with van der Waals surface area (Å²) in [6.07, 6.45) is 22.0. The molecule has 1 aromatic heterocycles. The first-order valence-electron chi connectivity index (χ1n) is 11.9. The fraction of sp³-hybridized carbons (Fsp3) is 0.826. The molecule has 0 saturated heterocycles. The fourth-order valence-electron chi connectivity index (χ4n) is 3.45. The summed E-state index contributed by atoms with van der Waals surface area (Å²) in [6.45, 7) is 6.21. The van der Waals surface area contributed by atoms with E-state index in [2.05, 4.69) is 34.4 Å². The van der Waals surface area contributed by atoms with Crippen LogP contribution in [0.1, 0.15) is 110 Å². The van der Waals surface area contributed by atoms with Crippen molar-refractivity contribution in [1.82, 2.24) is 9.97 Å². The van der Waals surface area contributed by atoms with Crippen molar-refractivity contribution >= 4 is 17.3 Å². The van der Waals surface area contributed by atoms with Crippen molar-refractivity contribution in [2.45, 2.75) is 110 Å². The Morgan fingerprint density at radius 3 is 1.50 bits per heavy atom. The molecule has 0 radical (unpaired) electrons. The second-order valence-electron chi connectivity index (χ2n) is 7.93. The summed E-state index contributed by atoms with van der Waals surface area (Å²) in [5.41, 5.74) is 6.76. The Kier molecular flexibility index (Phi) is 15.4. The van der Waals surface area contributed by atoms with Crippen molar-refractivity contribution in [1.29, 1.82) is 0 Å². The number of nitrogens with one attached hydrogen (secondary N) is 2. The molecular formula is C23H45N5. The first-order valence-corrected chi connectivity index (χ1v) is 11.9. The van der Waals surface area contributed by atoms with Crippen molar-refractivity contribution in [2.75, 3.05) is 29.5 Å². The third kappa shape index (κ3) is 12.0. The highest BCUT2D eigenvalue weighted by molar-refractivity contribution is 5.73. The van der Waals surface area contributed by atoms with Crippen LogP contribution in [0.2, 0.25) is 0 Å². The van der Waals surface area contributed by atoms with Crippen molar-refractivity contribution in [3.8, 4) is 0 Å². The number of nitrogens with two attached hydrogens (primary N) is 1. The molecule has 0 unspecified atom stereocenters. The largest absolute Gasteiger partial charge is 0.393 e. The monoisotopic (exact) mass is 391 g/mol. The van der Waals surface area contributed by atoms with Gasteiger partial charge in [0.1, 0.15) is 12.0 Å². The van der Waals surface area contributed by atoms with Crippen molar-refractivity contribution in [3.63, 3.8) is 0 Å². The van der Waals surface area contributed by atoms with Crippen LogP contribution in [0.3, 0.4) is 0 Å². The average Bonchev–Trinajstić information content (AvgIpc) is 2.71. The highest BCUT2D eigenvalue weighted by atomic mass is 15.1. The van der Waals surface area contributed by atoms with E-state index >= 15 is 0 Å². The maximum Gasteiger partial charge on any atom is 0.154 e. The van der Waals surface area contributed by atoms with Gasteiger partial charge in [0.15, 0.2) is 11.6 Å². The van der Waals surface area contributed by atoms with Crippen molar-refractivity contribution in [2.24, 2.45) is 0 Å². The van der Waals surface area contributed by atoms with Crippen LogP contribution in [-0.4, -0.2) is 23.1 Å². The molecule has 4 N–H and O–H groups in total. The minimum atomic E-state index is 0.626. The van der Waals surface area contributed by atoms with E-state index in [1.165, 1.54) is 89.9 Å². The molecule has 1 aromatic rings. The highest BCUT2D eigenvalue weighted by Crippen LogP contribution is 2.22. The van der Waals surface area contributed by atoms with E-state index in [-0.39, 0.29) is 0 Å². The van der Waals surface area contributed by atoms with Gasteiger partial charge in [-0.15, -0.1) is 0 Å². The van der Waals surface area contributed by atoms with Gasteiger partial charge in [0.2, 0.25) is 0 Å². The average molecular weight is 392 g/mol. The lowest BCUT2D eigenvalue weighted by Gasteiger charge is -2.12. The topological polar surface area (TPSA) is 75.9 Å². The molecule has 5 nitrogen and oxygen atoms in total. The first kappa shape index (κ1) is 24.5. The molecule has 5 heteroatoms. The normalized spacial score (nSPS) is 10.9. The van der Waals surface area contributed by atoms with Crippen LogP contribution in [0.25, 0.3) is 0 Å². The number of hydrogen-bond acceptors (Lipinski definition) is 5. The molecular weight excluding hydrogens is 346 g/mol. The number of unbranched alkanes of at least 4 members (excludes halogenated alkanes) is 13.